The molecule has 1 spiro atoms. The van der Waals surface area contributed by atoms with Gasteiger partial charge in [0.25, 0.3) is 0 Å². The highest BCUT2D eigenvalue weighted by Crippen LogP contribution is 2.51. The number of amides is 1. The molecule has 0 saturated carbocycles. The molecule has 1 atom stereocenters. The Balaban J connectivity index is 0.000000487. The molecule has 4 rings (SSSR count). The summed E-state index contributed by atoms with van der Waals surface area (Å²) in [7, 11) is 0. The van der Waals surface area contributed by atoms with Gasteiger partial charge in [0.15, 0.2) is 0 Å². The molecular weight excluding hydrogens is 366 g/mol. The zero-order valence-corrected chi connectivity index (χ0v) is 16.3. The topological polar surface area (TPSA) is 29.5 Å². The van der Waals surface area contributed by atoms with Gasteiger partial charge in [-0.15, -0.1) is 0 Å². The summed E-state index contributed by atoms with van der Waals surface area (Å²) in [4.78, 5) is 14.9. The van der Waals surface area contributed by atoms with Crippen molar-refractivity contribution >= 4 is 27.5 Å². The lowest BCUT2D eigenvalue weighted by Crippen LogP contribution is -2.42. The molecule has 0 aromatic heterocycles. The van der Waals surface area contributed by atoms with Gasteiger partial charge in [0, 0.05) is 17.8 Å². The number of likely N-dealkylation sites (N-methyl/N-ethyl adjacent to an activating group) is 1. The van der Waals surface area contributed by atoms with Crippen molar-refractivity contribution < 1.29 is 9.53 Å². The Labute approximate surface area is 152 Å². The van der Waals surface area contributed by atoms with E-state index in [1.807, 2.05) is 80.0 Å². The van der Waals surface area contributed by atoms with E-state index in [0.29, 0.717) is 13.2 Å². The van der Waals surface area contributed by atoms with E-state index < -0.39 is 5.41 Å². The fourth-order valence-electron chi connectivity index (χ4n) is 3.45. The van der Waals surface area contributed by atoms with E-state index in [0.717, 1.165) is 22.6 Å². The SMILES string of the molecule is CBr.CC.CCN1C(=O)C2(COc3ccccc32)c2ccccc21. The molecule has 1 unspecified atom stereocenters. The number of halogens is 1. The summed E-state index contributed by atoms with van der Waals surface area (Å²) in [6.07, 6.45) is 0. The molecule has 0 bridgehead atoms. The van der Waals surface area contributed by atoms with Crippen LogP contribution in [0.2, 0.25) is 0 Å². The normalized spacial score (nSPS) is 19.5. The number of carbonyl (C=O) groups excluding carboxylic acids is 1. The van der Waals surface area contributed by atoms with Crippen molar-refractivity contribution in [3.63, 3.8) is 0 Å². The molecule has 2 aliphatic heterocycles. The standard InChI is InChI=1S/C17H15NO2.C2H6.CH3Br/c1-2-18-14-9-5-3-7-12(14)17(16(18)19)11-20-15-10-6-4-8-13(15)17;2*1-2/h3-10H,2,11H2,1H3;1-2H3;1H3. The first-order chi connectivity index (χ1) is 11.8. The predicted octanol–water partition coefficient (Wildman–Crippen LogP) is 4.77. The van der Waals surface area contributed by atoms with E-state index in [9.17, 15) is 4.79 Å². The molecule has 128 valence electrons. The van der Waals surface area contributed by atoms with Crippen molar-refractivity contribution in [2.45, 2.75) is 26.2 Å². The lowest BCUT2D eigenvalue weighted by molar-refractivity contribution is -0.122. The number of rotatable bonds is 1. The van der Waals surface area contributed by atoms with Crippen molar-refractivity contribution in [2.24, 2.45) is 0 Å². The van der Waals surface area contributed by atoms with E-state index in [1.54, 1.807) is 0 Å². The molecule has 0 radical (unpaired) electrons. The maximum atomic E-state index is 13.0. The number of benzene rings is 2. The molecule has 1 amide bonds. The number of nitrogens with zero attached hydrogens (tertiary/aromatic N) is 1. The molecule has 0 N–H and O–H groups in total. The quantitative estimate of drug-likeness (QED) is 0.657. The Kier molecular flexibility index (Phi) is 6.05. The summed E-state index contributed by atoms with van der Waals surface area (Å²) in [6.45, 7) is 7.09. The average Bonchev–Trinajstić information content (AvgIpc) is 3.17. The smallest absolute Gasteiger partial charge is 0.245 e. The third-order valence-corrected chi connectivity index (χ3v) is 4.37. The second-order valence-electron chi connectivity index (χ2n) is 5.26. The van der Waals surface area contributed by atoms with Gasteiger partial charge >= 0.3 is 0 Å². The highest BCUT2D eigenvalue weighted by molar-refractivity contribution is 9.08. The lowest BCUT2D eigenvalue weighted by atomic mass is 9.77. The maximum Gasteiger partial charge on any atom is 0.245 e. The summed E-state index contributed by atoms with van der Waals surface area (Å²) in [6, 6.07) is 15.9. The van der Waals surface area contributed by atoms with Crippen LogP contribution in [0.3, 0.4) is 0 Å². The number of hydrogen-bond acceptors (Lipinski definition) is 2. The van der Waals surface area contributed by atoms with Crippen LogP contribution in [0.25, 0.3) is 0 Å². The number of anilines is 1. The molecular formula is C20H24BrNO2. The van der Waals surface area contributed by atoms with Crippen LogP contribution in [-0.2, 0) is 10.2 Å². The van der Waals surface area contributed by atoms with Crippen molar-refractivity contribution in [1.29, 1.82) is 0 Å². The molecule has 24 heavy (non-hydrogen) atoms. The van der Waals surface area contributed by atoms with Gasteiger partial charge in [0.2, 0.25) is 5.91 Å². The van der Waals surface area contributed by atoms with Crippen molar-refractivity contribution in [3.05, 3.63) is 59.7 Å². The van der Waals surface area contributed by atoms with Crippen molar-refractivity contribution in [3.8, 4) is 5.75 Å². The van der Waals surface area contributed by atoms with Crippen LogP contribution in [0.4, 0.5) is 5.69 Å². The minimum absolute atomic E-state index is 0.131. The molecule has 2 heterocycles. The molecule has 0 saturated heterocycles. The molecule has 3 nitrogen and oxygen atoms in total. The van der Waals surface area contributed by atoms with Gasteiger partial charge in [0.1, 0.15) is 17.8 Å². The van der Waals surface area contributed by atoms with Crippen LogP contribution in [0.15, 0.2) is 48.5 Å². The summed E-state index contributed by atoms with van der Waals surface area (Å²) >= 11 is 2.94. The number of para-hydroxylation sites is 2. The molecule has 4 heteroatoms. The lowest BCUT2D eigenvalue weighted by Gasteiger charge is -2.22. The molecule has 2 aromatic carbocycles. The highest BCUT2D eigenvalue weighted by Gasteiger charge is 2.56. The van der Waals surface area contributed by atoms with Gasteiger partial charge in [-0.05, 0) is 30.5 Å². The van der Waals surface area contributed by atoms with Crippen LogP contribution >= 0.6 is 15.9 Å². The number of hydrogen-bond donors (Lipinski definition) is 0. The Morgan fingerprint density at radius 1 is 1.04 bits per heavy atom. The maximum absolute atomic E-state index is 13.0. The van der Waals surface area contributed by atoms with Crippen LogP contribution in [0.1, 0.15) is 31.9 Å². The van der Waals surface area contributed by atoms with Crippen LogP contribution in [0.5, 0.6) is 5.75 Å². The largest absolute Gasteiger partial charge is 0.491 e. The third kappa shape index (κ3) is 2.53. The Hall–Kier alpha value is -1.81. The first kappa shape index (κ1) is 18.5. The highest BCUT2D eigenvalue weighted by atomic mass is 79.9. The Morgan fingerprint density at radius 2 is 1.62 bits per heavy atom. The van der Waals surface area contributed by atoms with Gasteiger partial charge in [0.05, 0.1) is 0 Å². The average molecular weight is 390 g/mol. The van der Waals surface area contributed by atoms with E-state index >= 15 is 0 Å². The van der Waals surface area contributed by atoms with Gasteiger partial charge < -0.3 is 9.64 Å². The minimum atomic E-state index is -0.650. The van der Waals surface area contributed by atoms with Gasteiger partial charge in [-0.2, -0.15) is 0 Å². The van der Waals surface area contributed by atoms with Crippen LogP contribution in [-0.4, -0.2) is 24.9 Å². The summed E-state index contributed by atoms with van der Waals surface area (Å²) in [5.41, 5.74) is 2.42. The van der Waals surface area contributed by atoms with Gasteiger partial charge in [-0.25, -0.2) is 0 Å². The third-order valence-electron chi connectivity index (χ3n) is 4.37. The number of ether oxygens (including phenoxy) is 1. The Bertz CT molecular complexity index is 716. The zero-order valence-electron chi connectivity index (χ0n) is 14.7. The van der Waals surface area contributed by atoms with E-state index in [-0.39, 0.29) is 5.91 Å². The molecule has 2 aromatic rings. The minimum Gasteiger partial charge on any atom is -0.491 e. The number of alkyl halides is 1. The predicted molar refractivity (Wildman–Crippen MR) is 103 cm³/mol. The van der Waals surface area contributed by atoms with E-state index in [4.69, 9.17) is 4.74 Å². The summed E-state index contributed by atoms with van der Waals surface area (Å²) < 4.78 is 5.81. The monoisotopic (exact) mass is 389 g/mol. The Morgan fingerprint density at radius 3 is 2.29 bits per heavy atom. The van der Waals surface area contributed by atoms with Gasteiger partial charge in [-0.3, -0.25) is 4.79 Å². The van der Waals surface area contributed by atoms with Gasteiger partial charge in [-0.1, -0.05) is 66.2 Å². The summed E-state index contributed by atoms with van der Waals surface area (Å²) in [5.74, 6) is 2.77. The molecule has 0 aliphatic carbocycles. The molecule has 2 aliphatic rings. The van der Waals surface area contributed by atoms with Crippen molar-refractivity contribution in [1.82, 2.24) is 0 Å². The van der Waals surface area contributed by atoms with Crippen molar-refractivity contribution in [2.75, 3.05) is 23.9 Å². The molecule has 0 fully saturated rings. The first-order valence-corrected chi connectivity index (χ1v) is 9.89. The second kappa shape index (κ2) is 7.84. The fraction of sp³-hybridized carbons (Fsp3) is 0.350. The number of fused-ring (bicyclic) bond motifs is 4. The van der Waals surface area contributed by atoms with E-state index in [2.05, 4.69) is 15.9 Å². The number of carbonyl (C=O) groups is 1. The van der Waals surface area contributed by atoms with Crippen LogP contribution < -0.4 is 9.64 Å². The fourth-order valence-corrected chi connectivity index (χ4v) is 3.45. The van der Waals surface area contributed by atoms with Crippen LogP contribution in [0, 0.1) is 0 Å². The zero-order chi connectivity index (χ0) is 17.7. The summed E-state index contributed by atoms with van der Waals surface area (Å²) in [5, 5.41) is 0. The first-order valence-electron chi connectivity index (χ1n) is 8.30. The second-order valence-corrected chi connectivity index (χ2v) is 5.26. The van der Waals surface area contributed by atoms with E-state index in [1.165, 1.54) is 0 Å².